The lowest BCUT2D eigenvalue weighted by Crippen LogP contribution is -2.52. The third-order valence-corrected chi connectivity index (χ3v) is 2.63. The van der Waals surface area contributed by atoms with Gasteiger partial charge in [-0.15, -0.1) is 0 Å². The van der Waals surface area contributed by atoms with Crippen LogP contribution in [0.4, 0.5) is 0 Å². The highest BCUT2D eigenvalue weighted by atomic mass is 16.4. The van der Waals surface area contributed by atoms with Crippen molar-refractivity contribution in [3.63, 3.8) is 0 Å². The van der Waals surface area contributed by atoms with Gasteiger partial charge in [0.15, 0.2) is 0 Å². The molecule has 0 saturated heterocycles. The van der Waals surface area contributed by atoms with Crippen LogP contribution in [0.3, 0.4) is 0 Å². The summed E-state index contributed by atoms with van der Waals surface area (Å²) >= 11 is 0. The van der Waals surface area contributed by atoms with Gasteiger partial charge in [-0.25, -0.2) is 5.01 Å². The molecule has 0 bridgehead atoms. The minimum atomic E-state index is -1.06. The predicted molar refractivity (Wildman–Crippen MR) is 65.1 cm³/mol. The molecule has 0 fully saturated rings. The highest BCUT2D eigenvalue weighted by Gasteiger charge is 2.22. The van der Waals surface area contributed by atoms with E-state index in [4.69, 9.17) is 10.9 Å². The van der Waals surface area contributed by atoms with Crippen LogP contribution in [0.15, 0.2) is 0 Å². The minimum Gasteiger partial charge on any atom is -0.480 e. The van der Waals surface area contributed by atoms with E-state index in [9.17, 15) is 9.59 Å². The average molecular weight is 245 g/mol. The first-order chi connectivity index (χ1) is 7.90. The van der Waals surface area contributed by atoms with E-state index in [-0.39, 0.29) is 5.91 Å². The fraction of sp³-hybridized carbons (Fsp3) is 0.818. The lowest BCUT2D eigenvalue weighted by Gasteiger charge is -2.24. The van der Waals surface area contributed by atoms with Gasteiger partial charge in [0.2, 0.25) is 5.91 Å². The lowest BCUT2D eigenvalue weighted by molar-refractivity contribution is -0.142. The van der Waals surface area contributed by atoms with Crippen molar-refractivity contribution in [3.05, 3.63) is 0 Å². The summed E-state index contributed by atoms with van der Waals surface area (Å²) in [5.74, 6) is 4.32. The van der Waals surface area contributed by atoms with Crippen LogP contribution in [-0.4, -0.2) is 40.6 Å². The molecule has 0 aliphatic carbocycles. The van der Waals surface area contributed by atoms with Crippen LogP contribution in [0.25, 0.3) is 0 Å². The van der Waals surface area contributed by atoms with Gasteiger partial charge in [0, 0.05) is 6.54 Å². The van der Waals surface area contributed by atoms with Gasteiger partial charge < -0.3 is 10.4 Å². The van der Waals surface area contributed by atoms with Gasteiger partial charge in [-0.3, -0.25) is 15.4 Å². The topological polar surface area (TPSA) is 95.7 Å². The van der Waals surface area contributed by atoms with Crippen molar-refractivity contribution in [2.24, 2.45) is 5.84 Å². The molecule has 2 atom stereocenters. The Kier molecular flexibility index (Phi) is 7.49. The van der Waals surface area contributed by atoms with E-state index in [0.717, 1.165) is 19.3 Å². The molecule has 0 aromatic carbocycles. The van der Waals surface area contributed by atoms with Crippen LogP contribution >= 0.6 is 0 Å². The summed E-state index contributed by atoms with van der Waals surface area (Å²) in [7, 11) is 0. The van der Waals surface area contributed by atoms with E-state index in [2.05, 4.69) is 12.2 Å². The van der Waals surface area contributed by atoms with Crippen LogP contribution in [0, 0.1) is 0 Å². The summed E-state index contributed by atoms with van der Waals surface area (Å²) in [4.78, 5) is 22.2. The minimum absolute atomic E-state index is 0.362. The van der Waals surface area contributed by atoms with Crippen LogP contribution in [0.5, 0.6) is 0 Å². The first kappa shape index (κ1) is 15.9. The Bertz CT molecular complexity index is 258. The third kappa shape index (κ3) is 6.23. The highest BCUT2D eigenvalue weighted by molar-refractivity contribution is 5.86. The zero-order valence-corrected chi connectivity index (χ0v) is 10.8. The number of hydrazine groups is 1. The zero-order chi connectivity index (χ0) is 13.4. The molecule has 0 saturated carbocycles. The summed E-state index contributed by atoms with van der Waals surface area (Å²) < 4.78 is 0. The number of amides is 1. The fourth-order valence-electron chi connectivity index (χ4n) is 1.28. The van der Waals surface area contributed by atoms with Crippen molar-refractivity contribution in [1.29, 1.82) is 0 Å². The van der Waals surface area contributed by atoms with Crippen molar-refractivity contribution in [2.45, 2.75) is 52.1 Å². The molecule has 0 radical (unpaired) electrons. The second kappa shape index (κ2) is 8.03. The van der Waals surface area contributed by atoms with Gasteiger partial charge in [-0.2, -0.15) is 0 Å². The number of carboxylic acids is 1. The molecule has 0 aromatic rings. The smallest absolute Gasteiger partial charge is 0.325 e. The maximum Gasteiger partial charge on any atom is 0.325 e. The standard InChI is InChI=1S/C11H23N3O3/c1-4-5-6-7-14(12)9(3)10(15)13-8(2)11(16)17/h8-9H,4-7,12H2,1-3H3,(H,13,15)(H,16,17)/t8-,9-/m1/s1. The van der Waals surface area contributed by atoms with Crippen LogP contribution < -0.4 is 11.2 Å². The van der Waals surface area contributed by atoms with Gasteiger partial charge >= 0.3 is 5.97 Å². The summed E-state index contributed by atoms with van der Waals surface area (Å²) in [6.45, 7) is 5.80. The molecule has 0 aliphatic heterocycles. The molecule has 4 N–H and O–H groups in total. The molecular weight excluding hydrogens is 222 g/mol. The maximum absolute atomic E-state index is 11.6. The summed E-state index contributed by atoms with van der Waals surface area (Å²) in [6.07, 6.45) is 3.08. The summed E-state index contributed by atoms with van der Waals surface area (Å²) in [5.41, 5.74) is 0. The first-order valence-electron chi connectivity index (χ1n) is 5.94. The number of rotatable bonds is 8. The molecule has 0 spiro atoms. The van der Waals surface area contributed by atoms with E-state index in [0.29, 0.717) is 6.54 Å². The SMILES string of the molecule is CCCCCN(N)[C@H](C)C(=O)N[C@H](C)C(=O)O. The van der Waals surface area contributed by atoms with Crippen LogP contribution in [0.1, 0.15) is 40.0 Å². The first-order valence-corrected chi connectivity index (χ1v) is 5.94. The van der Waals surface area contributed by atoms with Crippen molar-refractivity contribution >= 4 is 11.9 Å². The van der Waals surface area contributed by atoms with Gasteiger partial charge in [0.05, 0.1) is 6.04 Å². The van der Waals surface area contributed by atoms with Gasteiger partial charge in [0.1, 0.15) is 6.04 Å². The van der Waals surface area contributed by atoms with E-state index in [1.165, 1.54) is 11.9 Å². The molecule has 0 aliphatic rings. The number of hydrogen-bond donors (Lipinski definition) is 3. The van der Waals surface area contributed by atoms with Crippen LogP contribution in [0.2, 0.25) is 0 Å². The van der Waals surface area contributed by atoms with Gasteiger partial charge in [-0.1, -0.05) is 19.8 Å². The molecule has 0 rings (SSSR count). The molecule has 6 nitrogen and oxygen atoms in total. The summed E-state index contributed by atoms with van der Waals surface area (Å²) in [5, 5.41) is 12.5. The van der Waals surface area contributed by atoms with Gasteiger partial charge in [0.25, 0.3) is 0 Å². The Hall–Kier alpha value is -1.14. The molecule has 100 valence electrons. The average Bonchev–Trinajstić information content (AvgIpc) is 2.27. The maximum atomic E-state index is 11.6. The number of carboxylic acid groups (broad SMARTS) is 1. The number of nitrogens with zero attached hydrogens (tertiary/aromatic N) is 1. The second-order valence-corrected chi connectivity index (χ2v) is 4.19. The molecule has 1 amide bonds. The largest absolute Gasteiger partial charge is 0.480 e. The fourth-order valence-corrected chi connectivity index (χ4v) is 1.28. The Balaban J connectivity index is 4.06. The Morgan fingerprint density at radius 1 is 1.35 bits per heavy atom. The monoisotopic (exact) mass is 245 g/mol. The number of nitrogens with one attached hydrogen (secondary N) is 1. The van der Waals surface area contributed by atoms with Crippen molar-refractivity contribution < 1.29 is 14.7 Å². The molecule has 0 heterocycles. The predicted octanol–water partition coefficient (Wildman–Crippen LogP) is 0.330. The highest BCUT2D eigenvalue weighted by Crippen LogP contribution is 1.99. The van der Waals surface area contributed by atoms with E-state index in [1.807, 2.05) is 0 Å². The molecular formula is C11H23N3O3. The number of carbonyl (C=O) groups excluding carboxylic acids is 1. The number of aliphatic carboxylic acids is 1. The Labute approximate surface area is 102 Å². The third-order valence-electron chi connectivity index (χ3n) is 2.63. The van der Waals surface area contributed by atoms with Crippen molar-refractivity contribution in [1.82, 2.24) is 10.3 Å². The van der Waals surface area contributed by atoms with E-state index < -0.39 is 18.1 Å². The van der Waals surface area contributed by atoms with E-state index >= 15 is 0 Å². The lowest BCUT2D eigenvalue weighted by atomic mass is 10.2. The zero-order valence-electron chi connectivity index (χ0n) is 10.8. The molecule has 0 unspecified atom stereocenters. The normalized spacial score (nSPS) is 14.4. The molecule has 6 heteroatoms. The number of unbranched alkanes of at least 4 members (excludes halogenated alkanes) is 2. The number of nitrogens with two attached hydrogens (primary N) is 1. The van der Waals surface area contributed by atoms with Gasteiger partial charge in [-0.05, 0) is 20.3 Å². The van der Waals surface area contributed by atoms with Crippen LogP contribution in [-0.2, 0) is 9.59 Å². The van der Waals surface area contributed by atoms with Crippen molar-refractivity contribution in [2.75, 3.05) is 6.54 Å². The number of carbonyl (C=O) groups is 2. The Morgan fingerprint density at radius 3 is 2.41 bits per heavy atom. The molecule has 17 heavy (non-hydrogen) atoms. The quantitative estimate of drug-likeness (QED) is 0.325. The summed E-state index contributed by atoms with van der Waals surface area (Å²) in [6, 6.07) is -1.41. The second-order valence-electron chi connectivity index (χ2n) is 4.19. The molecule has 0 aromatic heterocycles. The van der Waals surface area contributed by atoms with Crippen molar-refractivity contribution in [3.8, 4) is 0 Å². The van der Waals surface area contributed by atoms with E-state index in [1.54, 1.807) is 6.92 Å². The Morgan fingerprint density at radius 2 is 1.94 bits per heavy atom. The number of hydrogen-bond acceptors (Lipinski definition) is 4.